The first-order valence-electron chi connectivity index (χ1n) is 6.24. The van der Waals surface area contributed by atoms with Gasteiger partial charge in [0.25, 0.3) is 5.91 Å². The minimum absolute atomic E-state index is 0.190. The lowest BCUT2D eigenvalue weighted by Gasteiger charge is -2.17. The zero-order chi connectivity index (χ0) is 14.4. The van der Waals surface area contributed by atoms with Crippen LogP contribution in [0.1, 0.15) is 35.7 Å². The number of amides is 1. The van der Waals surface area contributed by atoms with Gasteiger partial charge in [0.05, 0.1) is 18.1 Å². The average Bonchev–Trinajstić information content (AvgIpc) is 2.38. The molecule has 0 bridgehead atoms. The summed E-state index contributed by atoms with van der Waals surface area (Å²) < 4.78 is 5.21. The van der Waals surface area contributed by atoms with Crippen molar-refractivity contribution in [3.05, 3.63) is 29.3 Å². The summed E-state index contributed by atoms with van der Waals surface area (Å²) >= 11 is 4.96. The third kappa shape index (κ3) is 4.21. The molecule has 1 amide bonds. The van der Waals surface area contributed by atoms with E-state index in [-0.39, 0.29) is 11.9 Å². The summed E-state index contributed by atoms with van der Waals surface area (Å²) in [6.07, 6.45) is 1.64. The van der Waals surface area contributed by atoms with Crippen LogP contribution in [0.25, 0.3) is 0 Å². The maximum absolute atomic E-state index is 12.1. The van der Waals surface area contributed by atoms with Crippen LogP contribution in [0.15, 0.2) is 18.2 Å². The highest BCUT2D eigenvalue weighted by Gasteiger charge is 2.16. The summed E-state index contributed by atoms with van der Waals surface area (Å²) in [6.45, 7) is 3.95. The Morgan fingerprint density at radius 1 is 1.53 bits per heavy atom. The van der Waals surface area contributed by atoms with Gasteiger partial charge in [-0.05, 0) is 31.0 Å². The Kier molecular flexibility index (Phi) is 5.76. The third-order valence-electron chi connectivity index (χ3n) is 2.90. The molecule has 0 saturated heterocycles. The normalized spacial score (nSPS) is 11.7. The largest absolute Gasteiger partial charge is 0.496 e. The number of rotatable bonds is 6. The van der Waals surface area contributed by atoms with Crippen LogP contribution in [-0.4, -0.2) is 24.0 Å². The molecule has 19 heavy (non-hydrogen) atoms. The Balaban J connectivity index is 2.85. The first-order chi connectivity index (χ1) is 8.99. The van der Waals surface area contributed by atoms with Crippen LogP contribution in [0.2, 0.25) is 0 Å². The number of hydrogen-bond acceptors (Lipinski definition) is 3. The molecule has 1 aromatic carbocycles. The number of hydrogen-bond donors (Lipinski definition) is 2. The number of nitrogens with one attached hydrogen (secondary N) is 1. The van der Waals surface area contributed by atoms with E-state index in [0.29, 0.717) is 16.3 Å². The van der Waals surface area contributed by atoms with Crippen LogP contribution < -0.4 is 15.8 Å². The zero-order valence-corrected chi connectivity index (χ0v) is 12.3. The molecule has 0 spiro atoms. The van der Waals surface area contributed by atoms with Gasteiger partial charge in [-0.1, -0.05) is 31.6 Å². The number of nitrogens with two attached hydrogens (primary N) is 1. The molecule has 1 atom stereocenters. The molecule has 0 fully saturated rings. The van der Waals surface area contributed by atoms with Gasteiger partial charge in [0.15, 0.2) is 0 Å². The second-order valence-corrected chi connectivity index (χ2v) is 4.87. The molecule has 0 aliphatic carbocycles. The predicted octanol–water partition coefficient (Wildman–Crippen LogP) is 2.19. The second-order valence-electron chi connectivity index (χ2n) is 4.40. The van der Waals surface area contributed by atoms with E-state index >= 15 is 0 Å². The SMILES string of the molecule is CCCC(NC(=O)c1ccc(C)c(OC)c1)C(N)=S. The summed E-state index contributed by atoms with van der Waals surface area (Å²) in [5, 5.41) is 2.84. The fourth-order valence-electron chi connectivity index (χ4n) is 1.78. The third-order valence-corrected chi connectivity index (χ3v) is 3.18. The lowest BCUT2D eigenvalue weighted by molar-refractivity contribution is 0.0945. The molecule has 104 valence electrons. The van der Waals surface area contributed by atoms with Crippen molar-refractivity contribution in [3.63, 3.8) is 0 Å². The summed E-state index contributed by atoms with van der Waals surface area (Å²) in [5.74, 6) is 0.500. The van der Waals surface area contributed by atoms with E-state index < -0.39 is 0 Å². The van der Waals surface area contributed by atoms with Crippen LogP contribution in [0, 0.1) is 6.92 Å². The van der Waals surface area contributed by atoms with Gasteiger partial charge in [0.1, 0.15) is 5.75 Å². The lowest BCUT2D eigenvalue weighted by atomic mass is 10.1. The van der Waals surface area contributed by atoms with Crippen molar-refractivity contribution in [2.75, 3.05) is 7.11 Å². The summed E-state index contributed by atoms with van der Waals surface area (Å²) in [6, 6.07) is 5.06. The van der Waals surface area contributed by atoms with Gasteiger partial charge in [-0.25, -0.2) is 0 Å². The van der Waals surface area contributed by atoms with Gasteiger partial charge in [-0.3, -0.25) is 4.79 Å². The van der Waals surface area contributed by atoms with E-state index in [1.807, 2.05) is 19.9 Å². The van der Waals surface area contributed by atoms with Crippen molar-refractivity contribution in [2.24, 2.45) is 5.73 Å². The maximum Gasteiger partial charge on any atom is 0.251 e. The average molecular weight is 280 g/mol. The Hall–Kier alpha value is -1.62. The fourth-order valence-corrected chi connectivity index (χ4v) is 1.95. The van der Waals surface area contributed by atoms with Gasteiger partial charge in [-0.15, -0.1) is 0 Å². The van der Waals surface area contributed by atoms with Crippen molar-refractivity contribution in [2.45, 2.75) is 32.7 Å². The number of carbonyl (C=O) groups is 1. The number of aryl methyl sites for hydroxylation is 1. The van der Waals surface area contributed by atoms with Crippen LogP contribution >= 0.6 is 12.2 Å². The molecule has 0 heterocycles. The quantitative estimate of drug-likeness (QED) is 0.784. The first-order valence-corrected chi connectivity index (χ1v) is 6.65. The maximum atomic E-state index is 12.1. The van der Waals surface area contributed by atoms with Crippen LogP contribution in [0.4, 0.5) is 0 Å². The fraction of sp³-hybridized carbons (Fsp3) is 0.429. The highest BCUT2D eigenvalue weighted by atomic mass is 32.1. The molecule has 0 aliphatic rings. The first kappa shape index (κ1) is 15.4. The van der Waals surface area contributed by atoms with Crippen LogP contribution in [0.3, 0.4) is 0 Å². The molecule has 0 saturated carbocycles. The minimum atomic E-state index is -0.264. The predicted molar refractivity (Wildman–Crippen MR) is 80.7 cm³/mol. The molecule has 0 aliphatic heterocycles. The Morgan fingerprint density at radius 2 is 2.21 bits per heavy atom. The van der Waals surface area contributed by atoms with E-state index in [9.17, 15) is 4.79 Å². The topological polar surface area (TPSA) is 64.3 Å². The van der Waals surface area contributed by atoms with Gasteiger partial charge in [0.2, 0.25) is 0 Å². The van der Waals surface area contributed by atoms with E-state index in [1.54, 1.807) is 19.2 Å². The van der Waals surface area contributed by atoms with Gasteiger partial charge < -0.3 is 15.8 Å². The molecular formula is C14H20N2O2S. The van der Waals surface area contributed by atoms with Crippen molar-refractivity contribution < 1.29 is 9.53 Å². The van der Waals surface area contributed by atoms with Crippen molar-refractivity contribution in [1.82, 2.24) is 5.32 Å². The summed E-state index contributed by atoms with van der Waals surface area (Å²) in [5.41, 5.74) is 7.15. The Bertz CT molecular complexity index is 475. The Labute approximate surface area is 119 Å². The lowest BCUT2D eigenvalue weighted by Crippen LogP contribution is -2.43. The molecule has 1 rings (SSSR count). The van der Waals surface area contributed by atoms with E-state index in [1.165, 1.54) is 0 Å². The van der Waals surface area contributed by atoms with E-state index in [0.717, 1.165) is 18.4 Å². The molecule has 3 N–H and O–H groups in total. The van der Waals surface area contributed by atoms with Gasteiger partial charge in [-0.2, -0.15) is 0 Å². The van der Waals surface area contributed by atoms with E-state index in [2.05, 4.69) is 5.32 Å². The summed E-state index contributed by atoms with van der Waals surface area (Å²) in [7, 11) is 1.58. The highest BCUT2D eigenvalue weighted by Crippen LogP contribution is 2.19. The summed E-state index contributed by atoms with van der Waals surface area (Å²) in [4.78, 5) is 12.4. The Morgan fingerprint density at radius 3 is 2.74 bits per heavy atom. The van der Waals surface area contributed by atoms with Crippen LogP contribution in [0.5, 0.6) is 5.75 Å². The number of methoxy groups -OCH3 is 1. The zero-order valence-electron chi connectivity index (χ0n) is 11.5. The number of ether oxygens (including phenoxy) is 1. The van der Waals surface area contributed by atoms with Crippen LogP contribution in [-0.2, 0) is 0 Å². The second kappa shape index (κ2) is 7.09. The molecule has 1 unspecified atom stereocenters. The van der Waals surface area contributed by atoms with Crippen molar-refractivity contribution in [1.29, 1.82) is 0 Å². The number of benzene rings is 1. The minimum Gasteiger partial charge on any atom is -0.496 e. The van der Waals surface area contributed by atoms with Gasteiger partial charge in [0, 0.05) is 5.56 Å². The smallest absolute Gasteiger partial charge is 0.251 e. The molecule has 5 heteroatoms. The molecule has 0 radical (unpaired) electrons. The van der Waals surface area contributed by atoms with Crippen molar-refractivity contribution >= 4 is 23.1 Å². The standard InChI is InChI=1S/C14H20N2O2S/c1-4-5-11(13(15)19)16-14(17)10-7-6-9(2)12(8-10)18-3/h6-8,11H,4-5H2,1-3H3,(H2,15,19)(H,16,17). The molecule has 1 aromatic rings. The van der Waals surface area contributed by atoms with Crippen molar-refractivity contribution in [3.8, 4) is 5.75 Å². The van der Waals surface area contributed by atoms with E-state index in [4.69, 9.17) is 22.7 Å². The molecular weight excluding hydrogens is 260 g/mol. The molecule has 0 aromatic heterocycles. The number of thiocarbonyl (C=S) groups is 1. The monoisotopic (exact) mass is 280 g/mol. The molecule has 4 nitrogen and oxygen atoms in total. The number of carbonyl (C=O) groups excluding carboxylic acids is 1. The van der Waals surface area contributed by atoms with Gasteiger partial charge >= 0.3 is 0 Å². The highest BCUT2D eigenvalue weighted by molar-refractivity contribution is 7.80.